The number of benzene rings is 1. The second kappa shape index (κ2) is 5.63. The van der Waals surface area contributed by atoms with Gasteiger partial charge in [0.15, 0.2) is 6.10 Å². The van der Waals surface area contributed by atoms with E-state index >= 15 is 0 Å². The van der Waals surface area contributed by atoms with E-state index in [0.29, 0.717) is 11.3 Å². The highest BCUT2D eigenvalue weighted by Gasteiger charge is 2.33. The fourth-order valence-corrected chi connectivity index (χ4v) is 2.57. The van der Waals surface area contributed by atoms with Crippen LogP contribution in [0.3, 0.4) is 0 Å². The molecule has 1 aliphatic heterocycles. The van der Waals surface area contributed by atoms with Gasteiger partial charge in [-0.2, -0.15) is 0 Å². The number of carbonyl (C=O) groups is 2. The van der Waals surface area contributed by atoms with E-state index in [4.69, 9.17) is 9.47 Å². The highest BCUT2D eigenvalue weighted by atomic mass is 16.6. The topological polar surface area (TPSA) is 64.6 Å². The number of nitrogens with one attached hydrogen (secondary N) is 1. The van der Waals surface area contributed by atoms with Crippen LogP contribution in [0.15, 0.2) is 18.2 Å². The smallest absolute Gasteiger partial charge is 0.342 e. The minimum Gasteiger partial charge on any atom is -0.489 e. The van der Waals surface area contributed by atoms with Crippen LogP contribution in [0.1, 0.15) is 55.5 Å². The molecule has 1 amide bonds. The summed E-state index contributed by atoms with van der Waals surface area (Å²) in [7, 11) is 0. The van der Waals surface area contributed by atoms with Crippen LogP contribution in [0.2, 0.25) is 0 Å². The highest BCUT2D eigenvalue weighted by Crippen LogP contribution is 2.40. The van der Waals surface area contributed by atoms with Crippen molar-refractivity contribution >= 4 is 11.9 Å². The van der Waals surface area contributed by atoms with Crippen molar-refractivity contribution in [3.05, 3.63) is 29.3 Å². The Labute approximate surface area is 130 Å². The van der Waals surface area contributed by atoms with Crippen LogP contribution in [0.25, 0.3) is 0 Å². The summed E-state index contributed by atoms with van der Waals surface area (Å²) in [5.74, 6) is 0.0586. The predicted molar refractivity (Wildman–Crippen MR) is 81.0 cm³/mol. The molecule has 2 aliphatic rings. The van der Waals surface area contributed by atoms with Gasteiger partial charge in [0.05, 0.1) is 0 Å². The number of rotatable bonds is 4. The van der Waals surface area contributed by atoms with E-state index in [0.717, 1.165) is 18.4 Å². The molecule has 0 spiro atoms. The molecule has 0 radical (unpaired) electrons. The Balaban J connectivity index is 1.72. The van der Waals surface area contributed by atoms with Gasteiger partial charge in [0.2, 0.25) is 0 Å². The molecule has 5 heteroatoms. The monoisotopic (exact) mass is 303 g/mol. The summed E-state index contributed by atoms with van der Waals surface area (Å²) in [5, 5.41) is 2.83. The van der Waals surface area contributed by atoms with Crippen LogP contribution in [0.5, 0.6) is 5.75 Å². The van der Waals surface area contributed by atoms with E-state index in [2.05, 4.69) is 12.2 Å². The van der Waals surface area contributed by atoms with Gasteiger partial charge in [-0.3, -0.25) is 4.79 Å². The summed E-state index contributed by atoms with van der Waals surface area (Å²) in [6, 6.07) is 5.71. The molecular formula is C17H21NO4. The maximum Gasteiger partial charge on any atom is 0.342 e. The summed E-state index contributed by atoms with van der Waals surface area (Å²) in [6.45, 7) is 5.63. The lowest BCUT2D eigenvalue weighted by Gasteiger charge is -2.14. The number of carbonyl (C=O) groups excluding carboxylic acids is 2. The van der Waals surface area contributed by atoms with Crippen molar-refractivity contribution < 1.29 is 19.1 Å². The Morgan fingerprint density at radius 3 is 2.73 bits per heavy atom. The molecule has 0 bridgehead atoms. The van der Waals surface area contributed by atoms with Gasteiger partial charge in [-0.25, -0.2) is 4.79 Å². The van der Waals surface area contributed by atoms with Crippen LogP contribution in [-0.2, 0) is 9.53 Å². The first-order valence-electron chi connectivity index (χ1n) is 7.78. The lowest BCUT2D eigenvalue weighted by atomic mass is 9.97. The summed E-state index contributed by atoms with van der Waals surface area (Å²) < 4.78 is 11.1. The number of para-hydroxylation sites is 1. The standard InChI is InChI=1S/C17H21NO4/c1-9-10(2)21-15-13(9)5-4-6-14(15)17(20)22-11(3)16(19)18-12-7-8-12/h4-6,9-12H,7-8H2,1-3H3,(H,18,19)/t9-,10-,11+/m1/s1. The number of fused-ring (bicyclic) bond motifs is 1. The highest BCUT2D eigenvalue weighted by molar-refractivity contribution is 5.95. The largest absolute Gasteiger partial charge is 0.489 e. The number of esters is 1. The van der Waals surface area contributed by atoms with Gasteiger partial charge in [0.25, 0.3) is 5.91 Å². The van der Waals surface area contributed by atoms with E-state index in [1.807, 2.05) is 19.1 Å². The molecule has 3 atom stereocenters. The van der Waals surface area contributed by atoms with Gasteiger partial charge in [-0.15, -0.1) is 0 Å². The Kier molecular flexibility index (Phi) is 3.81. The number of hydrogen-bond donors (Lipinski definition) is 1. The van der Waals surface area contributed by atoms with Crippen molar-refractivity contribution in [3.63, 3.8) is 0 Å². The summed E-state index contributed by atoms with van der Waals surface area (Å²) in [6.07, 6.45) is 1.23. The van der Waals surface area contributed by atoms with Gasteiger partial charge in [0, 0.05) is 17.5 Å². The van der Waals surface area contributed by atoms with Gasteiger partial charge < -0.3 is 14.8 Å². The van der Waals surface area contributed by atoms with Crippen molar-refractivity contribution in [3.8, 4) is 5.75 Å². The Hall–Kier alpha value is -2.04. The summed E-state index contributed by atoms with van der Waals surface area (Å²) >= 11 is 0. The van der Waals surface area contributed by atoms with Gasteiger partial charge in [-0.1, -0.05) is 19.1 Å². The zero-order valence-corrected chi connectivity index (χ0v) is 13.1. The SMILES string of the molecule is C[C@H](OC(=O)c1cccc2c1O[C@H](C)[C@H]2C)C(=O)NC1CC1. The first kappa shape index (κ1) is 14.9. The molecule has 1 saturated carbocycles. The molecular weight excluding hydrogens is 282 g/mol. The Morgan fingerprint density at radius 1 is 1.32 bits per heavy atom. The molecule has 0 aromatic heterocycles. The average Bonchev–Trinajstić information content (AvgIpc) is 3.25. The van der Waals surface area contributed by atoms with Crippen molar-refractivity contribution in [2.75, 3.05) is 0 Å². The maximum absolute atomic E-state index is 12.4. The first-order valence-corrected chi connectivity index (χ1v) is 7.78. The van der Waals surface area contributed by atoms with E-state index in [1.54, 1.807) is 13.0 Å². The third-order valence-corrected chi connectivity index (χ3v) is 4.34. The molecule has 1 heterocycles. The predicted octanol–water partition coefficient (Wildman–Crippen LogP) is 2.39. The third kappa shape index (κ3) is 2.80. The molecule has 3 rings (SSSR count). The normalized spacial score (nSPS) is 24.1. The maximum atomic E-state index is 12.4. The molecule has 1 aromatic carbocycles. The van der Waals surface area contributed by atoms with E-state index in [-0.39, 0.29) is 24.0 Å². The Bertz CT molecular complexity index is 609. The van der Waals surface area contributed by atoms with Crippen LogP contribution < -0.4 is 10.1 Å². The second-order valence-corrected chi connectivity index (χ2v) is 6.17. The Morgan fingerprint density at radius 2 is 2.05 bits per heavy atom. The third-order valence-electron chi connectivity index (χ3n) is 4.34. The molecule has 1 aromatic rings. The second-order valence-electron chi connectivity index (χ2n) is 6.17. The molecule has 22 heavy (non-hydrogen) atoms. The fourth-order valence-electron chi connectivity index (χ4n) is 2.57. The quantitative estimate of drug-likeness (QED) is 0.868. The van der Waals surface area contributed by atoms with Crippen LogP contribution in [0.4, 0.5) is 0 Å². The van der Waals surface area contributed by atoms with Crippen molar-refractivity contribution in [1.82, 2.24) is 5.32 Å². The minimum absolute atomic E-state index is 0.0274. The lowest BCUT2D eigenvalue weighted by Crippen LogP contribution is -2.37. The molecule has 1 N–H and O–H groups in total. The molecule has 5 nitrogen and oxygen atoms in total. The van der Waals surface area contributed by atoms with E-state index in [1.165, 1.54) is 0 Å². The van der Waals surface area contributed by atoms with Gasteiger partial charge in [-0.05, 0) is 32.8 Å². The van der Waals surface area contributed by atoms with E-state index in [9.17, 15) is 9.59 Å². The van der Waals surface area contributed by atoms with Crippen molar-refractivity contribution in [1.29, 1.82) is 0 Å². The van der Waals surface area contributed by atoms with Gasteiger partial charge in [0.1, 0.15) is 17.4 Å². The number of hydrogen-bond acceptors (Lipinski definition) is 4. The van der Waals surface area contributed by atoms with Crippen LogP contribution in [0, 0.1) is 0 Å². The summed E-state index contributed by atoms with van der Waals surface area (Å²) in [4.78, 5) is 24.2. The van der Waals surface area contributed by atoms with Crippen LogP contribution in [-0.4, -0.2) is 30.1 Å². The molecule has 1 fully saturated rings. The van der Waals surface area contributed by atoms with Crippen molar-refractivity contribution in [2.24, 2.45) is 0 Å². The molecule has 0 saturated heterocycles. The first-order chi connectivity index (χ1) is 10.5. The summed E-state index contributed by atoms with van der Waals surface area (Å²) in [5.41, 5.74) is 1.40. The van der Waals surface area contributed by atoms with Gasteiger partial charge >= 0.3 is 5.97 Å². The minimum atomic E-state index is -0.805. The van der Waals surface area contributed by atoms with Crippen molar-refractivity contribution in [2.45, 2.75) is 57.8 Å². The average molecular weight is 303 g/mol. The van der Waals surface area contributed by atoms with E-state index < -0.39 is 12.1 Å². The zero-order valence-electron chi connectivity index (χ0n) is 13.1. The molecule has 118 valence electrons. The molecule has 0 unspecified atom stereocenters. The number of ether oxygens (including phenoxy) is 2. The van der Waals surface area contributed by atoms with Crippen LogP contribution >= 0.6 is 0 Å². The fraction of sp³-hybridized carbons (Fsp3) is 0.529. The number of amides is 1. The lowest BCUT2D eigenvalue weighted by molar-refractivity contribution is -0.129. The zero-order chi connectivity index (χ0) is 15.9. The molecule has 1 aliphatic carbocycles.